The van der Waals surface area contributed by atoms with Crippen LogP contribution in [0.15, 0.2) is 77.7 Å². The molecule has 0 aliphatic rings. The first-order valence-electron chi connectivity index (χ1n) is 14.4. The lowest BCUT2D eigenvalue weighted by molar-refractivity contribution is -0.140. The lowest BCUT2D eigenvalue weighted by atomic mass is 10.1. The second kappa shape index (κ2) is 15.9. The normalized spacial score (nSPS) is 11.8. The van der Waals surface area contributed by atoms with Crippen LogP contribution in [0.4, 0.5) is 10.1 Å². The number of carbonyl (C=O) groups is 2. The molecule has 3 aromatic rings. The number of nitrogens with one attached hydrogen (secondary N) is 1. The van der Waals surface area contributed by atoms with Crippen LogP contribution in [0.3, 0.4) is 0 Å². The Bertz CT molecular complexity index is 1450. The lowest BCUT2D eigenvalue weighted by Gasteiger charge is -2.33. The highest BCUT2D eigenvalue weighted by Crippen LogP contribution is 2.27. The molecule has 232 valence electrons. The molecule has 0 fully saturated rings. The Balaban J connectivity index is 2.05. The van der Waals surface area contributed by atoms with E-state index in [2.05, 4.69) is 5.32 Å². The van der Waals surface area contributed by atoms with Crippen molar-refractivity contribution in [3.05, 3.63) is 84.2 Å². The highest BCUT2D eigenvalue weighted by atomic mass is 32.2. The van der Waals surface area contributed by atoms with Gasteiger partial charge in [0.2, 0.25) is 11.8 Å². The molecule has 0 aliphatic heterocycles. The van der Waals surface area contributed by atoms with Gasteiger partial charge in [-0.3, -0.25) is 13.9 Å². The molecule has 9 nitrogen and oxygen atoms in total. The van der Waals surface area contributed by atoms with E-state index in [4.69, 9.17) is 9.47 Å². The number of benzene rings is 3. The average Bonchev–Trinajstić information content (AvgIpc) is 3.00. The predicted molar refractivity (Wildman–Crippen MR) is 164 cm³/mol. The number of nitrogens with zero attached hydrogens (tertiary/aromatic N) is 2. The minimum atomic E-state index is -4.32. The predicted octanol–water partition coefficient (Wildman–Crippen LogP) is 5.15. The summed E-state index contributed by atoms with van der Waals surface area (Å²) in [5.74, 6) is -0.375. The van der Waals surface area contributed by atoms with E-state index in [1.54, 1.807) is 49.4 Å². The maximum Gasteiger partial charge on any atom is 0.264 e. The summed E-state index contributed by atoms with van der Waals surface area (Å²) in [5, 5.41) is 2.90. The zero-order valence-corrected chi connectivity index (χ0v) is 25.9. The van der Waals surface area contributed by atoms with Crippen molar-refractivity contribution in [2.24, 2.45) is 0 Å². The van der Waals surface area contributed by atoms with E-state index in [0.29, 0.717) is 36.6 Å². The Kier molecular flexibility index (Phi) is 12.4. The second-order valence-electron chi connectivity index (χ2n) is 9.83. The number of rotatable bonds is 16. The van der Waals surface area contributed by atoms with Crippen molar-refractivity contribution in [1.29, 1.82) is 0 Å². The fourth-order valence-corrected chi connectivity index (χ4v) is 5.95. The number of methoxy groups -OCH3 is 1. The van der Waals surface area contributed by atoms with Crippen molar-refractivity contribution in [2.45, 2.75) is 57.5 Å². The van der Waals surface area contributed by atoms with Crippen molar-refractivity contribution < 1.29 is 31.9 Å². The number of anilines is 1. The Morgan fingerprint density at radius 3 is 2.26 bits per heavy atom. The molecule has 0 heterocycles. The van der Waals surface area contributed by atoms with Gasteiger partial charge in [-0.2, -0.15) is 0 Å². The molecular formula is C32H40FN3O6S. The molecule has 1 atom stereocenters. The number of ether oxygens (including phenoxy) is 2. The smallest absolute Gasteiger partial charge is 0.264 e. The van der Waals surface area contributed by atoms with Crippen molar-refractivity contribution in [3.63, 3.8) is 0 Å². The quantitative estimate of drug-likeness (QED) is 0.224. The number of unbranched alkanes of at least 4 members (excludes halogenated alkanes) is 1. The average molecular weight is 614 g/mol. The van der Waals surface area contributed by atoms with Gasteiger partial charge in [0.1, 0.15) is 29.9 Å². The maximum absolute atomic E-state index is 14.1. The van der Waals surface area contributed by atoms with Gasteiger partial charge in [-0.05, 0) is 86.0 Å². The molecule has 0 bridgehead atoms. The molecule has 43 heavy (non-hydrogen) atoms. The third-order valence-electron chi connectivity index (χ3n) is 6.82. The number of hydrogen-bond acceptors (Lipinski definition) is 6. The van der Waals surface area contributed by atoms with Crippen LogP contribution in [0, 0.1) is 5.82 Å². The number of hydrogen-bond donors (Lipinski definition) is 1. The summed E-state index contributed by atoms with van der Waals surface area (Å²) in [4.78, 5) is 28.7. The third-order valence-corrected chi connectivity index (χ3v) is 8.61. The van der Waals surface area contributed by atoms with Crippen molar-refractivity contribution >= 4 is 27.5 Å². The summed E-state index contributed by atoms with van der Waals surface area (Å²) >= 11 is 0. The van der Waals surface area contributed by atoms with E-state index in [0.717, 1.165) is 41.4 Å². The molecular weight excluding hydrogens is 573 g/mol. The Morgan fingerprint density at radius 1 is 0.953 bits per heavy atom. The maximum atomic E-state index is 14.1. The topological polar surface area (TPSA) is 105 Å². The van der Waals surface area contributed by atoms with Crippen LogP contribution in [0.1, 0.15) is 45.6 Å². The van der Waals surface area contributed by atoms with Crippen LogP contribution in [-0.2, 0) is 26.2 Å². The Labute approximate surface area is 253 Å². The molecule has 11 heteroatoms. The van der Waals surface area contributed by atoms with Crippen molar-refractivity contribution in [3.8, 4) is 11.5 Å². The zero-order valence-electron chi connectivity index (χ0n) is 25.1. The summed E-state index contributed by atoms with van der Waals surface area (Å²) in [6.07, 6.45) is 1.98. The van der Waals surface area contributed by atoms with Crippen LogP contribution < -0.4 is 19.1 Å². The minimum Gasteiger partial charge on any atom is -0.497 e. The fraction of sp³-hybridized carbons (Fsp3) is 0.375. The van der Waals surface area contributed by atoms with Crippen LogP contribution in [0.25, 0.3) is 0 Å². The third kappa shape index (κ3) is 8.93. The largest absolute Gasteiger partial charge is 0.497 e. The molecule has 1 N–H and O–H groups in total. The molecule has 0 unspecified atom stereocenters. The first kappa shape index (κ1) is 33.4. The number of sulfonamides is 1. The monoisotopic (exact) mass is 613 g/mol. The van der Waals surface area contributed by atoms with Crippen LogP contribution >= 0.6 is 0 Å². The molecule has 0 radical (unpaired) electrons. The molecule has 0 aromatic heterocycles. The van der Waals surface area contributed by atoms with E-state index in [1.165, 1.54) is 12.0 Å². The summed E-state index contributed by atoms with van der Waals surface area (Å²) in [6, 6.07) is 17.0. The molecule has 0 saturated heterocycles. The van der Waals surface area contributed by atoms with Gasteiger partial charge in [-0.1, -0.05) is 32.4 Å². The number of amides is 2. The summed E-state index contributed by atoms with van der Waals surface area (Å²) < 4.78 is 53.3. The van der Waals surface area contributed by atoms with Crippen molar-refractivity contribution in [1.82, 2.24) is 10.2 Å². The summed E-state index contributed by atoms with van der Waals surface area (Å²) in [5.41, 5.74) is 0.921. The Hall–Kier alpha value is -4.12. The highest BCUT2D eigenvalue weighted by molar-refractivity contribution is 7.92. The number of carbonyl (C=O) groups excluding carboxylic acids is 2. The number of halogens is 1. The molecule has 0 spiro atoms. The van der Waals surface area contributed by atoms with E-state index >= 15 is 0 Å². The molecule has 2 amide bonds. The standard InChI is InChI=1S/C32H40FN3O6S/c1-5-8-20-34-32(38)30(6-2)35(22-24-10-9-11-28(21-24)41-4)31(37)23-36(26-14-16-27(17-15-26)42-7-3)43(39,40)29-18-12-25(33)13-19-29/h9-19,21,30H,5-8,20,22-23H2,1-4H3,(H,34,38)/t30-/m0/s1. The fourth-order valence-electron chi connectivity index (χ4n) is 4.53. The highest BCUT2D eigenvalue weighted by Gasteiger charge is 2.33. The first-order valence-corrected chi connectivity index (χ1v) is 15.8. The summed E-state index contributed by atoms with van der Waals surface area (Å²) in [7, 11) is -2.79. The second-order valence-corrected chi connectivity index (χ2v) is 11.7. The van der Waals surface area contributed by atoms with Crippen LogP contribution in [-0.4, -0.2) is 58.0 Å². The van der Waals surface area contributed by atoms with Crippen molar-refractivity contribution in [2.75, 3.05) is 31.1 Å². The van der Waals surface area contributed by atoms with Gasteiger partial charge in [-0.25, -0.2) is 12.8 Å². The molecule has 3 aromatic carbocycles. The molecule has 0 saturated carbocycles. The van der Waals surface area contributed by atoms with Gasteiger partial charge in [0.05, 0.1) is 24.3 Å². The zero-order chi connectivity index (χ0) is 31.4. The van der Waals surface area contributed by atoms with Crippen LogP contribution in [0.5, 0.6) is 11.5 Å². The van der Waals surface area contributed by atoms with E-state index in [-0.39, 0.29) is 23.0 Å². The van der Waals surface area contributed by atoms with E-state index in [9.17, 15) is 22.4 Å². The first-order chi connectivity index (χ1) is 20.6. The minimum absolute atomic E-state index is 0.0451. The van der Waals surface area contributed by atoms with Gasteiger partial charge in [-0.15, -0.1) is 0 Å². The van der Waals surface area contributed by atoms with Gasteiger partial charge in [0, 0.05) is 13.1 Å². The SMILES string of the molecule is CCCCNC(=O)[C@H](CC)N(Cc1cccc(OC)c1)C(=O)CN(c1ccc(OCC)cc1)S(=O)(=O)c1ccc(F)cc1. The van der Waals surface area contributed by atoms with Gasteiger partial charge in [0.15, 0.2) is 0 Å². The lowest BCUT2D eigenvalue weighted by Crippen LogP contribution is -2.52. The Morgan fingerprint density at radius 2 is 1.65 bits per heavy atom. The van der Waals surface area contributed by atoms with Gasteiger partial charge < -0.3 is 19.7 Å². The van der Waals surface area contributed by atoms with Gasteiger partial charge in [0.25, 0.3) is 10.0 Å². The van der Waals surface area contributed by atoms with Crippen LogP contribution in [0.2, 0.25) is 0 Å². The molecule has 0 aliphatic carbocycles. The van der Waals surface area contributed by atoms with E-state index < -0.39 is 34.3 Å². The van der Waals surface area contributed by atoms with E-state index in [1.807, 2.05) is 19.9 Å². The summed E-state index contributed by atoms with van der Waals surface area (Å²) in [6.45, 7) is 5.98. The van der Waals surface area contributed by atoms with Gasteiger partial charge >= 0.3 is 0 Å². The molecule has 3 rings (SSSR count).